The molecule has 0 aliphatic rings. The molecule has 1 atom stereocenters. The average Bonchev–Trinajstić information content (AvgIpc) is 2.61. The maximum Gasteiger partial charge on any atom is 0.157 e. The molecule has 2 heterocycles. The van der Waals surface area contributed by atoms with Gasteiger partial charge in [0.05, 0.1) is 6.20 Å². The van der Waals surface area contributed by atoms with Gasteiger partial charge in [-0.1, -0.05) is 13.8 Å². The lowest BCUT2D eigenvalue weighted by Crippen LogP contribution is -2.17. The number of fused-ring (bicyclic) bond motifs is 1. The summed E-state index contributed by atoms with van der Waals surface area (Å²) in [5, 5.41) is 5.27. The summed E-state index contributed by atoms with van der Waals surface area (Å²) in [5.74, 6) is 0.901. The molecule has 0 aliphatic heterocycles. The van der Waals surface area contributed by atoms with Crippen LogP contribution in [0.4, 0.5) is 0 Å². The molecule has 0 bridgehead atoms. The van der Waals surface area contributed by atoms with Crippen LogP contribution in [-0.4, -0.2) is 21.3 Å². The summed E-state index contributed by atoms with van der Waals surface area (Å²) in [6, 6.07) is 2.15. The van der Waals surface area contributed by atoms with Gasteiger partial charge in [0.15, 0.2) is 5.65 Å². The van der Waals surface area contributed by atoms with E-state index in [4.69, 9.17) is 5.73 Å². The summed E-state index contributed by atoms with van der Waals surface area (Å²) in [6.45, 7) is 5.03. The molecule has 16 heavy (non-hydrogen) atoms. The summed E-state index contributed by atoms with van der Waals surface area (Å²) in [5.41, 5.74) is 7.93. The van der Waals surface area contributed by atoms with Crippen LogP contribution in [0.3, 0.4) is 0 Å². The Morgan fingerprint density at radius 1 is 1.38 bits per heavy atom. The normalized spacial score (nSPS) is 13.6. The summed E-state index contributed by atoms with van der Waals surface area (Å²) >= 11 is 0. The van der Waals surface area contributed by atoms with Crippen molar-refractivity contribution < 1.29 is 0 Å². The van der Waals surface area contributed by atoms with Crippen LogP contribution in [0.2, 0.25) is 0 Å². The first-order valence-electron chi connectivity index (χ1n) is 5.61. The van der Waals surface area contributed by atoms with Gasteiger partial charge in [-0.3, -0.25) is 4.68 Å². The Balaban J connectivity index is 2.46. The molecule has 1 unspecified atom stereocenters. The lowest BCUT2D eigenvalue weighted by Gasteiger charge is -2.18. The number of rotatable bonds is 3. The van der Waals surface area contributed by atoms with E-state index in [1.807, 2.05) is 19.4 Å². The van der Waals surface area contributed by atoms with Crippen molar-refractivity contribution in [1.29, 1.82) is 0 Å². The summed E-state index contributed by atoms with van der Waals surface area (Å²) in [7, 11) is 1.90. The van der Waals surface area contributed by atoms with E-state index >= 15 is 0 Å². The van der Waals surface area contributed by atoms with Crippen molar-refractivity contribution >= 4 is 11.0 Å². The van der Waals surface area contributed by atoms with Crippen LogP contribution in [0, 0.1) is 5.92 Å². The van der Waals surface area contributed by atoms with E-state index in [0.29, 0.717) is 18.4 Å². The van der Waals surface area contributed by atoms with Crippen molar-refractivity contribution in [3.63, 3.8) is 0 Å². The van der Waals surface area contributed by atoms with Crippen LogP contribution in [-0.2, 0) is 7.05 Å². The third-order valence-corrected chi connectivity index (χ3v) is 3.08. The molecular weight excluding hydrogens is 200 g/mol. The molecule has 4 nitrogen and oxygen atoms in total. The van der Waals surface area contributed by atoms with Gasteiger partial charge in [-0.2, -0.15) is 5.10 Å². The van der Waals surface area contributed by atoms with E-state index in [1.165, 1.54) is 5.56 Å². The predicted octanol–water partition coefficient (Wildman–Crippen LogP) is 1.67. The first-order valence-corrected chi connectivity index (χ1v) is 5.61. The zero-order chi connectivity index (χ0) is 11.7. The number of aryl methyl sites for hydroxylation is 1. The van der Waals surface area contributed by atoms with Crippen LogP contribution in [0.5, 0.6) is 0 Å². The molecule has 0 aromatic carbocycles. The van der Waals surface area contributed by atoms with Crippen molar-refractivity contribution in [2.45, 2.75) is 19.8 Å². The second-order valence-electron chi connectivity index (χ2n) is 4.54. The van der Waals surface area contributed by atoms with E-state index in [9.17, 15) is 0 Å². The van der Waals surface area contributed by atoms with Gasteiger partial charge in [-0.15, -0.1) is 0 Å². The molecule has 2 N–H and O–H groups in total. The number of aromatic nitrogens is 3. The standard InChI is InChI=1S/C12H18N4/c1-8(2)11(5-13)9-4-10-7-15-16(3)12(10)14-6-9/h4,6-8,11H,5,13H2,1-3H3. The van der Waals surface area contributed by atoms with Crippen LogP contribution in [0.25, 0.3) is 11.0 Å². The largest absolute Gasteiger partial charge is 0.330 e. The Morgan fingerprint density at radius 2 is 2.12 bits per heavy atom. The van der Waals surface area contributed by atoms with Crippen molar-refractivity contribution in [2.24, 2.45) is 18.7 Å². The lowest BCUT2D eigenvalue weighted by molar-refractivity contribution is 0.505. The Hall–Kier alpha value is -1.42. The highest BCUT2D eigenvalue weighted by Crippen LogP contribution is 2.24. The SMILES string of the molecule is CC(C)C(CN)c1cnc2c(cnn2C)c1. The maximum absolute atomic E-state index is 5.81. The first kappa shape index (κ1) is 11.1. The minimum absolute atomic E-state index is 0.372. The predicted molar refractivity (Wildman–Crippen MR) is 65.1 cm³/mol. The van der Waals surface area contributed by atoms with E-state index < -0.39 is 0 Å². The van der Waals surface area contributed by atoms with Crippen molar-refractivity contribution in [1.82, 2.24) is 14.8 Å². The number of nitrogens with two attached hydrogens (primary N) is 1. The quantitative estimate of drug-likeness (QED) is 0.852. The molecule has 2 aromatic heterocycles. The lowest BCUT2D eigenvalue weighted by atomic mass is 9.89. The molecule has 0 aliphatic carbocycles. The highest BCUT2D eigenvalue weighted by Gasteiger charge is 2.15. The Bertz CT molecular complexity index is 487. The molecule has 0 saturated carbocycles. The number of hydrogen-bond donors (Lipinski definition) is 1. The van der Waals surface area contributed by atoms with E-state index in [2.05, 4.69) is 30.0 Å². The van der Waals surface area contributed by atoms with Gasteiger partial charge in [0, 0.05) is 18.6 Å². The molecular formula is C12H18N4. The summed E-state index contributed by atoms with van der Waals surface area (Å²) in [6.07, 6.45) is 3.77. The summed E-state index contributed by atoms with van der Waals surface area (Å²) < 4.78 is 1.78. The van der Waals surface area contributed by atoms with E-state index in [0.717, 1.165) is 11.0 Å². The first-order chi connectivity index (χ1) is 7.63. The monoisotopic (exact) mass is 218 g/mol. The smallest absolute Gasteiger partial charge is 0.157 e. The second-order valence-corrected chi connectivity index (χ2v) is 4.54. The second kappa shape index (κ2) is 4.22. The Morgan fingerprint density at radius 3 is 2.75 bits per heavy atom. The van der Waals surface area contributed by atoms with Crippen LogP contribution >= 0.6 is 0 Å². The Kier molecular flexibility index (Phi) is 2.92. The van der Waals surface area contributed by atoms with Crippen molar-refractivity contribution in [2.75, 3.05) is 6.54 Å². The molecule has 4 heteroatoms. The van der Waals surface area contributed by atoms with Crippen LogP contribution in [0.1, 0.15) is 25.3 Å². The molecule has 0 radical (unpaired) electrons. The zero-order valence-electron chi connectivity index (χ0n) is 10.0. The number of pyridine rings is 1. The molecule has 2 aromatic rings. The van der Waals surface area contributed by atoms with E-state index in [1.54, 1.807) is 4.68 Å². The molecule has 2 rings (SSSR count). The Labute approximate surface area is 95.5 Å². The van der Waals surface area contributed by atoms with Crippen molar-refractivity contribution in [3.05, 3.63) is 24.0 Å². The minimum atomic E-state index is 0.372. The third-order valence-electron chi connectivity index (χ3n) is 3.08. The highest BCUT2D eigenvalue weighted by molar-refractivity contribution is 5.75. The van der Waals surface area contributed by atoms with Gasteiger partial charge in [0.2, 0.25) is 0 Å². The minimum Gasteiger partial charge on any atom is -0.330 e. The van der Waals surface area contributed by atoms with Gasteiger partial charge in [-0.25, -0.2) is 4.98 Å². The average molecular weight is 218 g/mol. The van der Waals surface area contributed by atoms with E-state index in [-0.39, 0.29) is 0 Å². The topological polar surface area (TPSA) is 56.7 Å². The zero-order valence-corrected chi connectivity index (χ0v) is 10.0. The van der Waals surface area contributed by atoms with Gasteiger partial charge in [-0.05, 0) is 30.0 Å². The van der Waals surface area contributed by atoms with Gasteiger partial charge >= 0.3 is 0 Å². The molecule has 0 amide bonds. The molecule has 0 spiro atoms. The summed E-state index contributed by atoms with van der Waals surface area (Å²) in [4.78, 5) is 4.44. The fourth-order valence-corrected chi connectivity index (χ4v) is 2.06. The maximum atomic E-state index is 5.81. The van der Waals surface area contributed by atoms with Gasteiger partial charge in [0.25, 0.3) is 0 Å². The fourth-order valence-electron chi connectivity index (χ4n) is 2.06. The third kappa shape index (κ3) is 1.80. The van der Waals surface area contributed by atoms with Crippen LogP contribution < -0.4 is 5.73 Å². The number of nitrogens with zero attached hydrogens (tertiary/aromatic N) is 3. The molecule has 86 valence electrons. The van der Waals surface area contributed by atoms with Crippen molar-refractivity contribution in [3.8, 4) is 0 Å². The van der Waals surface area contributed by atoms with Gasteiger partial charge < -0.3 is 5.73 Å². The van der Waals surface area contributed by atoms with Crippen LogP contribution in [0.15, 0.2) is 18.5 Å². The molecule has 0 fully saturated rings. The van der Waals surface area contributed by atoms with Gasteiger partial charge in [0.1, 0.15) is 0 Å². The number of hydrogen-bond acceptors (Lipinski definition) is 3. The fraction of sp³-hybridized carbons (Fsp3) is 0.500. The highest BCUT2D eigenvalue weighted by atomic mass is 15.3. The molecule has 0 saturated heterocycles.